The summed E-state index contributed by atoms with van der Waals surface area (Å²) < 4.78 is 0. The fourth-order valence-electron chi connectivity index (χ4n) is 2.75. The molecule has 3 nitrogen and oxygen atoms in total. The molecule has 1 fully saturated rings. The smallest absolute Gasteiger partial charge is 0.0737 e. The van der Waals surface area contributed by atoms with Crippen LogP contribution in [0.15, 0.2) is 30.5 Å². The third-order valence-electron chi connectivity index (χ3n) is 4.13. The van der Waals surface area contributed by atoms with Crippen LogP contribution in [0.3, 0.4) is 0 Å². The van der Waals surface area contributed by atoms with Crippen LogP contribution in [0.1, 0.15) is 13.8 Å². The molecule has 2 aromatic rings. The van der Waals surface area contributed by atoms with Crippen molar-refractivity contribution in [2.24, 2.45) is 5.41 Å². The molecule has 1 aromatic carbocycles. The molecule has 5 radical (unpaired) electrons. The summed E-state index contributed by atoms with van der Waals surface area (Å²) in [5, 5.41) is 8.92. The van der Waals surface area contributed by atoms with Crippen LogP contribution >= 0.6 is 11.6 Å². The van der Waals surface area contributed by atoms with Gasteiger partial charge < -0.3 is 10.6 Å². The van der Waals surface area contributed by atoms with Gasteiger partial charge in [-0.3, -0.25) is 4.98 Å². The Hall–Kier alpha value is -1.32. The van der Waals surface area contributed by atoms with Crippen molar-refractivity contribution >= 4 is 28.2 Å². The van der Waals surface area contributed by atoms with Gasteiger partial charge in [-0.1, -0.05) is 25.4 Å². The predicted molar refractivity (Wildman–Crippen MR) is 102 cm³/mol. The maximum atomic E-state index is 6.05. The number of hydrogen-bond acceptors (Lipinski definition) is 3. The maximum absolute atomic E-state index is 6.05. The van der Waals surface area contributed by atoms with Crippen LogP contribution in [0.25, 0.3) is 10.9 Å². The molecule has 2 N–H and O–H groups in total. The number of anilines is 1. The molecule has 4 heteroatoms. The number of fused-ring (bicyclic) bond motifs is 1. The molecule has 1 heterocycles. The molecular formula is C20H23ClN3. The first-order chi connectivity index (χ1) is 11.5. The highest BCUT2D eigenvalue weighted by molar-refractivity contribution is 6.31. The zero-order chi connectivity index (χ0) is 17.0. The van der Waals surface area contributed by atoms with E-state index < -0.39 is 0 Å². The molecule has 0 unspecified atom stereocenters. The molecular weight excluding hydrogens is 318 g/mol. The number of aromatic nitrogens is 1. The second-order valence-electron chi connectivity index (χ2n) is 6.93. The van der Waals surface area contributed by atoms with Gasteiger partial charge in [-0.15, -0.1) is 0 Å². The second kappa shape index (κ2) is 7.71. The molecule has 0 saturated heterocycles. The minimum absolute atomic E-state index is 0.134. The number of nitrogens with one attached hydrogen (secondary N) is 2. The Kier molecular flexibility index (Phi) is 5.62. The first-order valence-electron chi connectivity index (χ1n) is 8.23. The van der Waals surface area contributed by atoms with Crippen LogP contribution in [-0.4, -0.2) is 24.6 Å². The van der Waals surface area contributed by atoms with Gasteiger partial charge in [-0.2, -0.15) is 0 Å². The molecule has 1 aromatic heterocycles. The summed E-state index contributed by atoms with van der Waals surface area (Å²) >= 11 is 6.05. The average molecular weight is 341 g/mol. The molecule has 125 valence electrons. The maximum Gasteiger partial charge on any atom is 0.0737 e. The highest BCUT2D eigenvalue weighted by atomic mass is 35.5. The van der Waals surface area contributed by atoms with Crippen molar-refractivity contribution in [3.63, 3.8) is 0 Å². The lowest BCUT2D eigenvalue weighted by Gasteiger charge is -2.27. The molecule has 0 bridgehead atoms. The van der Waals surface area contributed by atoms with Crippen LogP contribution in [0.2, 0.25) is 5.02 Å². The summed E-state index contributed by atoms with van der Waals surface area (Å²) in [6.07, 6.45) is 10.3. The third kappa shape index (κ3) is 4.61. The molecule has 1 saturated carbocycles. The Morgan fingerprint density at radius 3 is 2.67 bits per heavy atom. The zero-order valence-electron chi connectivity index (χ0n) is 14.1. The number of hydrogen-bond donors (Lipinski definition) is 2. The fraction of sp³-hybridized carbons (Fsp3) is 0.300. The lowest BCUT2D eigenvalue weighted by Crippen LogP contribution is -2.36. The van der Waals surface area contributed by atoms with Gasteiger partial charge in [0, 0.05) is 41.9 Å². The zero-order valence-corrected chi connectivity index (χ0v) is 14.9. The van der Waals surface area contributed by atoms with Crippen molar-refractivity contribution in [2.75, 3.05) is 25.0 Å². The van der Waals surface area contributed by atoms with Crippen molar-refractivity contribution in [3.05, 3.63) is 67.1 Å². The quantitative estimate of drug-likeness (QED) is 0.788. The molecule has 1 aliphatic rings. The molecule has 3 rings (SSSR count). The summed E-state index contributed by atoms with van der Waals surface area (Å²) in [6, 6.07) is 7.84. The number of rotatable bonds is 7. The number of benzene rings is 1. The number of halogens is 1. The molecule has 0 aliphatic heterocycles. The van der Waals surface area contributed by atoms with Gasteiger partial charge in [0.15, 0.2) is 0 Å². The van der Waals surface area contributed by atoms with Crippen molar-refractivity contribution in [2.45, 2.75) is 13.8 Å². The molecule has 24 heavy (non-hydrogen) atoms. The Bertz CT molecular complexity index is 678. The van der Waals surface area contributed by atoms with E-state index in [1.54, 1.807) is 0 Å². The van der Waals surface area contributed by atoms with E-state index in [0.717, 1.165) is 36.2 Å². The van der Waals surface area contributed by atoms with Crippen LogP contribution in [-0.2, 0) is 0 Å². The van der Waals surface area contributed by atoms with Gasteiger partial charge >= 0.3 is 0 Å². The number of nitrogens with zero attached hydrogens (tertiary/aromatic N) is 1. The molecule has 1 aliphatic carbocycles. The summed E-state index contributed by atoms with van der Waals surface area (Å²) in [6.45, 7) is 7.26. The highest BCUT2D eigenvalue weighted by Crippen LogP contribution is 2.26. The Morgan fingerprint density at radius 1 is 1.08 bits per heavy atom. The van der Waals surface area contributed by atoms with E-state index in [1.807, 2.05) is 30.5 Å². The molecule has 0 amide bonds. The number of pyridine rings is 1. The van der Waals surface area contributed by atoms with Crippen LogP contribution in [0.4, 0.5) is 5.69 Å². The first kappa shape index (κ1) is 17.5. The van der Waals surface area contributed by atoms with Crippen LogP contribution < -0.4 is 10.6 Å². The van der Waals surface area contributed by atoms with Gasteiger partial charge in [0.05, 0.1) is 5.52 Å². The lowest BCUT2D eigenvalue weighted by molar-refractivity contribution is 0.367. The van der Waals surface area contributed by atoms with Gasteiger partial charge in [-0.05, 0) is 61.3 Å². The van der Waals surface area contributed by atoms with Gasteiger partial charge in [0.25, 0.3) is 0 Å². The van der Waals surface area contributed by atoms with E-state index in [1.165, 1.54) is 5.92 Å². The van der Waals surface area contributed by atoms with Crippen molar-refractivity contribution < 1.29 is 0 Å². The van der Waals surface area contributed by atoms with Gasteiger partial charge in [-0.25, -0.2) is 0 Å². The Morgan fingerprint density at radius 2 is 1.88 bits per heavy atom. The van der Waals surface area contributed by atoms with Crippen LogP contribution in [0.5, 0.6) is 0 Å². The topological polar surface area (TPSA) is 37.0 Å². The minimum atomic E-state index is 0.134. The summed E-state index contributed by atoms with van der Waals surface area (Å²) in [4.78, 5) is 4.39. The standard InChI is InChI=1S/C20H23ClN3/c1-20(2,13-22-12-15-5-3-4-6-15)14-24-18-9-10-23-19-11-16(21)7-8-17(18)19/h3-11,22H,12-14H2,1-2H3,(H,23,24). The highest BCUT2D eigenvalue weighted by Gasteiger charge is 2.20. The largest absolute Gasteiger partial charge is 0.384 e. The summed E-state index contributed by atoms with van der Waals surface area (Å²) in [5.41, 5.74) is 2.15. The molecule has 0 spiro atoms. The summed E-state index contributed by atoms with van der Waals surface area (Å²) in [7, 11) is 0. The van der Waals surface area contributed by atoms with Gasteiger partial charge in [0.2, 0.25) is 0 Å². The van der Waals surface area contributed by atoms with Crippen molar-refractivity contribution in [1.29, 1.82) is 0 Å². The SMILES string of the molecule is CC(C)(CNC[C]1[CH][CH][CH][CH]1)CNc1ccnc2cc(Cl)ccc12. The van der Waals surface area contributed by atoms with E-state index in [-0.39, 0.29) is 5.41 Å². The second-order valence-corrected chi connectivity index (χ2v) is 7.37. The minimum Gasteiger partial charge on any atom is -0.384 e. The Balaban J connectivity index is 1.55. The van der Waals surface area contributed by atoms with E-state index in [0.29, 0.717) is 5.02 Å². The fourth-order valence-corrected chi connectivity index (χ4v) is 2.92. The molecule has 0 atom stereocenters. The third-order valence-corrected chi connectivity index (χ3v) is 4.36. The first-order valence-corrected chi connectivity index (χ1v) is 8.61. The van der Waals surface area contributed by atoms with E-state index in [9.17, 15) is 0 Å². The van der Waals surface area contributed by atoms with Crippen molar-refractivity contribution in [3.8, 4) is 0 Å². The van der Waals surface area contributed by atoms with E-state index >= 15 is 0 Å². The van der Waals surface area contributed by atoms with Crippen molar-refractivity contribution in [1.82, 2.24) is 10.3 Å². The average Bonchev–Trinajstić information content (AvgIpc) is 3.06. The summed E-state index contributed by atoms with van der Waals surface area (Å²) in [5.74, 6) is 1.33. The lowest BCUT2D eigenvalue weighted by atomic mass is 9.93. The normalized spacial score (nSPS) is 16.0. The van der Waals surface area contributed by atoms with E-state index in [4.69, 9.17) is 11.6 Å². The van der Waals surface area contributed by atoms with Crippen LogP contribution in [0, 0.1) is 37.0 Å². The van der Waals surface area contributed by atoms with Gasteiger partial charge in [0.1, 0.15) is 0 Å². The monoisotopic (exact) mass is 340 g/mol. The predicted octanol–water partition coefficient (Wildman–Crippen LogP) is 4.32. The Labute approximate surface area is 150 Å². The van der Waals surface area contributed by atoms with E-state index in [2.05, 4.69) is 55.1 Å².